The molecule has 5 heterocycles. The zero-order valence-corrected chi connectivity index (χ0v) is 16.1. The fraction of sp³-hybridized carbons (Fsp3) is 0.318. The van der Waals surface area contributed by atoms with Crippen molar-refractivity contribution in [2.24, 2.45) is 0 Å². The fourth-order valence-electron chi connectivity index (χ4n) is 4.20. The Hall–Kier alpha value is -2.99. The van der Waals surface area contributed by atoms with Crippen molar-refractivity contribution < 1.29 is 0 Å². The topological polar surface area (TPSA) is 63.7 Å². The average molecular weight is 373 g/mol. The van der Waals surface area contributed by atoms with Gasteiger partial charge in [0.15, 0.2) is 0 Å². The lowest BCUT2D eigenvalue weighted by atomic mass is 9.91. The summed E-state index contributed by atoms with van der Waals surface area (Å²) in [5.74, 6) is 0.506. The van der Waals surface area contributed by atoms with Crippen molar-refractivity contribution in [2.75, 3.05) is 13.1 Å². The smallest absolute Gasteiger partial charge is 0.258 e. The number of imidazole rings is 1. The van der Waals surface area contributed by atoms with Crippen LogP contribution in [-0.4, -0.2) is 31.9 Å². The molecule has 0 radical (unpaired) electrons. The first-order valence-electron chi connectivity index (χ1n) is 9.79. The Morgan fingerprint density at radius 1 is 1.04 bits per heavy atom. The van der Waals surface area contributed by atoms with Crippen LogP contribution in [-0.2, 0) is 0 Å². The highest BCUT2D eigenvalue weighted by Crippen LogP contribution is 2.26. The van der Waals surface area contributed by atoms with E-state index in [9.17, 15) is 4.79 Å². The summed E-state index contributed by atoms with van der Waals surface area (Å²) in [6.07, 6.45) is 8.16. The molecule has 4 aromatic heterocycles. The normalized spacial score (nSPS) is 15.5. The Labute approximate surface area is 162 Å². The van der Waals surface area contributed by atoms with Crippen LogP contribution in [0.2, 0.25) is 0 Å². The van der Waals surface area contributed by atoms with Gasteiger partial charge in [0.1, 0.15) is 11.3 Å². The van der Waals surface area contributed by atoms with Gasteiger partial charge in [0, 0.05) is 30.2 Å². The Kier molecular flexibility index (Phi) is 4.02. The second kappa shape index (κ2) is 6.56. The van der Waals surface area contributed by atoms with Gasteiger partial charge >= 0.3 is 0 Å². The zero-order valence-electron chi connectivity index (χ0n) is 16.1. The molecule has 0 spiro atoms. The zero-order chi connectivity index (χ0) is 19.3. The second-order valence-electron chi connectivity index (χ2n) is 7.72. The highest BCUT2D eigenvalue weighted by atomic mass is 16.1. The summed E-state index contributed by atoms with van der Waals surface area (Å²) >= 11 is 0. The minimum atomic E-state index is -0.0460. The van der Waals surface area contributed by atoms with Gasteiger partial charge in [-0.25, -0.2) is 9.97 Å². The van der Waals surface area contributed by atoms with Crippen molar-refractivity contribution in [1.82, 2.24) is 24.1 Å². The van der Waals surface area contributed by atoms with Gasteiger partial charge in [-0.05, 0) is 69.0 Å². The summed E-state index contributed by atoms with van der Waals surface area (Å²) in [6.45, 7) is 6.08. The lowest BCUT2D eigenvalue weighted by molar-refractivity contribution is 0.459. The maximum atomic E-state index is 12.9. The van der Waals surface area contributed by atoms with Crippen molar-refractivity contribution in [3.8, 4) is 11.3 Å². The van der Waals surface area contributed by atoms with E-state index in [1.165, 1.54) is 5.56 Å². The largest absolute Gasteiger partial charge is 0.317 e. The Morgan fingerprint density at radius 2 is 1.86 bits per heavy atom. The molecule has 0 saturated carbocycles. The van der Waals surface area contributed by atoms with E-state index in [0.717, 1.165) is 48.4 Å². The van der Waals surface area contributed by atoms with Crippen LogP contribution < -0.4 is 10.9 Å². The highest BCUT2D eigenvalue weighted by Gasteiger charge is 2.16. The van der Waals surface area contributed by atoms with Crippen LogP contribution in [0.1, 0.15) is 35.6 Å². The number of nitrogens with one attached hydrogen (secondary N) is 1. The third-order valence-corrected chi connectivity index (χ3v) is 5.64. The first-order valence-corrected chi connectivity index (χ1v) is 9.79. The van der Waals surface area contributed by atoms with E-state index in [1.807, 2.05) is 49.0 Å². The lowest BCUT2D eigenvalue weighted by Crippen LogP contribution is -2.27. The van der Waals surface area contributed by atoms with Crippen LogP contribution in [0.5, 0.6) is 0 Å². The summed E-state index contributed by atoms with van der Waals surface area (Å²) in [5.41, 5.74) is 6.43. The fourth-order valence-corrected chi connectivity index (χ4v) is 4.20. The third-order valence-electron chi connectivity index (χ3n) is 5.64. The van der Waals surface area contributed by atoms with Crippen molar-refractivity contribution in [1.29, 1.82) is 0 Å². The van der Waals surface area contributed by atoms with Gasteiger partial charge < -0.3 is 9.72 Å². The third kappa shape index (κ3) is 2.90. The van der Waals surface area contributed by atoms with Gasteiger partial charge in [0.2, 0.25) is 0 Å². The van der Waals surface area contributed by atoms with Crippen LogP contribution >= 0.6 is 0 Å². The molecule has 1 fully saturated rings. The molecule has 0 atom stereocenters. The Morgan fingerprint density at radius 3 is 2.68 bits per heavy atom. The van der Waals surface area contributed by atoms with E-state index >= 15 is 0 Å². The number of hydrogen-bond donors (Lipinski definition) is 1. The van der Waals surface area contributed by atoms with Crippen LogP contribution in [0.4, 0.5) is 0 Å². The number of piperidine rings is 1. The van der Waals surface area contributed by atoms with Gasteiger partial charge in [-0.3, -0.25) is 9.20 Å². The highest BCUT2D eigenvalue weighted by molar-refractivity contribution is 5.65. The number of aromatic nitrogens is 4. The molecule has 6 heteroatoms. The number of fused-ring (bicyclic) bond motifs is 2. The van der Waals surface area contributed by atoms with Gasteiger partial charge in [0.05, 0.1) is 11.4 Å². The van der Waals surface area contributed by atoms with Gasteiger partial charge in [-0.2, -0.15) is 0 Å². The molecule has 6 nitrogen and oxygen atoms in total. The van der Waals surface area contributed by atoms with E-state index in [2.05, 4.69) is 16.4 Å². The molecule has 0 aromatic carbocycles. The second-order valence-corrected chi connectivity index (χ2v) is 7.72. The summed E-state index contributed by atoms with van der Waals surface area (Å²) in [6, 6.07) is 7.76. The minimum Gasteiger partial charge on any atom is -0.317 e. The SMILES string of the molecule is Cc1cn2cc(-c3cc(=O)n4cc(C5CCNCC5)ccc4n3)cc(C)c2n1. The van der Waals surface area contributed by atoms with Crippen molar-refractivity contribution in [3.63, 3.8) is 0 Å². The molecule has 1 N–H and O–H groups in total. The van der Waals surface area contributed by atoms with Crippen LogP contribution in [0.3, 0.4) is 0 Å². The summed E-state index contributed by atoms with van der Waals surface area (Å²) in [5, 5.41) is 3.39. The van der Waals surface area contributed by atoms with Crippen molar-refractivity contribution in [3.05, 3.63) is 70.0 Å². The first-order chi connectivity index (χ1) is 13.6. The predicted molar refractivity (Wildman–Crippen MR) is 110 cm³/mol. The predicted octanol–water partition coefficient (Wildman–Crippen LogP) is 3.09. The van der Waals surface area contributed by atoms with Gasteiger partial charge in [-0.1, -0.05) is 6.07 Å². The minimum absolute atomic E-state index is 0.0460. The van der Waals surface area contributed by atoms with Crippen LogP contribution in [0.25, 0.3) is 22.6 Å². The molecule has 5 rings (SSSR count). The molecule has 0 amide bonds. The number of rotatable bonds is 2. The molecule has 0 unspecified atom stereocenters. The van der Waals surface area contributed by atoms with Crippen molar-refractivity contribution in [2.45, 2.75) is 32.6 Å². The molecule has 0 bridgehead atoms. The Balaban J connectivity index is 1.60. The average Bonchev–Trinajstić information content (AvgIpc) is 3.09. The molecule has 1 aliphatic heterocycles. The number of nitrogens with zero attached hydrogens (tertiary/aromatic N) is 4. The monoisotopic (exact) mass is 373 g/mol. The first kappa shape index (κ1) is 17.1. The van der Waals surface area contributed by atoms with E-state index in [0.29, 0.717) is 17.3 Å². The maximum absolute atomic E-state index is 12.9. The number of aryl methyl sites for hydroxylation is 2. The molecular formula is C22H23N5O. The van der Waals surface area contributed by atoms with Gasteiger partial charge in [0.25, 0.3) is 5.56 Å². The van der Waals surface area contributed by atoms with Crippen LogP contribution in [0.15, 0.2) is 47.7 Å². The summed E-state index contributed by atoms with van der Waals surface area (Å²) in [7, 11) is 0. The molecule has 142 valence electrons. The number of hydrogen-bond acceptors (Lipinski definition) is 4. The van der Waals surface area contributed by atoms with E-state index in [-0.39, 0.29) is 5.56 Å². The van der Waals surface area contributed by atoms with Gasteiger partial charge in [-0.15, -0.1) is 0 Å². The maximum Gasteiger partial charge on any atom is 0.258 e. The molecule has 28 heavy (non-hydrogen) atoms. The summed E-state index contributed by atoms with van der Waals surface area (Å²) in [4.78, 5) is 22.2. The number of pyridine rings is 2. The summed E-state index contributed by atoms with van der Waals surface area (Å²) < 4.78 is 3.68. The molecule has 1 saturated heterocycles. The lowest BCUT2D eigenvalue weighted by Gasteiger charge is -2.23. The molecule has 1 aliphatic rings. The van der Waals surface area contributed by atoms with Crippen molar-refractivity contribution >= 4 is 11.3 Å². The van der Waals surface area contributed by atoms with E-state index < -0.39 is 0 Å². The molecular weight excluding hydrogens is 350 g/mol. The quantitative estimate of drug-likeness (QED) is 0.586. The Bertz CT molecular complexity index is 1250. The molecule has 0 aliphatic carbocycles. The van der Waals surface area contributed by atoms with E-state index in [4.69, 9.17) is 4.98 Å². The van der Waals surface area contributed by atoms with Crippen LogP contribution in [0, 0.1) is 13.8 Å². The standard InChI is InChI=1S/C22H23N5O/c1-14-9-18(12-26-11-15(2)24-22(14)26)19-10-21(28)27-13-17(3-4-20(27)25-19)16-5-7-23-8-6-16/h3-4,9-13,16,23H,5-8H2,1-2H3. The molecule has 4 aromatic rings. The van der Waals surface area contributed by atoms with E-state index in [1.54, 1.807) is 10.5 Å².